The number of furan rings is 1. The first-order valence-corrected chi connectivity index (χ1v) is 5.69. The second-order valence-electron chi connectivity index (χ2n) is 4.12. The molecule has 2 aromatic rings. The molecule has 104 valence electrons. The summed E-state index contributed by atoms with van der Waals surface area (Å²) in [6, 6.07) is 8.18. The van der Waals surface area contributed by atoms with Crippen molar-refractivity contribution in [2.75, 3.05) is 0 Å². The third-order valence-electron chi connectivity index (χ3n) is 2.58. The number of ether oxygens (including phenoxy) is 1. The van der Waals surface area contributed by atoms with Crippen LogP contribution in [0.25, 0.3) is 0 Å². The van der Waals surface area contributed by atoms with Gasteiger partial charge >= 0.3 is 6.18 Å². The van der Waals surface area contributed by atoms with Gasteiger partial charge in [0, 0.05) is 0 Å². The third kappa shape index (κ3) is 3.12. The van der Waals surface area contributed by atoms with Crippen LogP contribution in [-0.4, -0.2) is 0 Å². The van der Waals surface area contributed by atoms with Crippen LogP contribution in [0.3, 0.4) is 0 Å². The van der Waals surface area contributed by atoms with Crippen molar-refractivity contribution in [3.05, 3.63) is 53.0 Å². The van der Waals surface area contributed by atoms with Crippen LogP contribution in [0.15, 0.2) is 34.7 Å². The molecular weight excluding hydrogens is 271 g/mol. The summed E-state index contributed by atoms with van der Waals surface area (Å²) in [7, 11) is 0. The molecule has 20 heavy (non-hydrogen) atoms. The van der Waals surface area contributed by atoms with Gasteiger partial charge in [-0.25, -0.2) is 0 Å². The highest BCUT2D eigenvalue weighted by molar-refractivity contribution is 5.43. The summed E-state index contributed by atoms with van der Waals surface area (Å²) >= 11 is 0. The minimum atomic E-state index is -4.58. The molecule has 0 amide bonds. The van der Waals surface area contributed by atoms with Gasteiger partial charge < -0.3 is 9.15 Å². The first-order valence-electron chi connectivity index (χ1n) is 5.69. The molecule has 0 spiro atoms. The van der Waals surface area contributed by atoms with E-state index in [1.807, 2.05) is 0 Å². The van der Waals surface area contributed by atoms with E-state index in [9.17, 15) is 13.2 Å². The quantitative estimate of drug-likeness (QED) is 0.852. The number of hydrogen-bond acceptors (Lipinski definition) is 3. The van der Waals surface area contributed by atoms with Crippen LogP contribution in [0, 0.1) is 18.3 Å². The molecule has 1 aromatic heterocycles. The maximum absolute atomic E-state index is 12.9. The Hall–Kier alpha value is -2.42. The molecule has 2 rings (SSSR count). The fourth-order valence-electron chi connectivity index (χ4n) is 1.66. The molecule has 6 heteroatoms. The van der Waals surface area contributed by atoms with E-state index in [0.717, 1.165) is 12.1 Å². The predicted octanol–water partition coefficient (Wildman–Crippen LogP) is 4.06. The maximum Gasteiger partial charge on any atom is 0.420 e. The molecule has 0 aliphatic rings. The fraction of sp³-hybridized carbons (Fsp3) is 0.214. The zero-order chi connectivity index (χ0) is 14.8. The average molecular weight is 281 g/mol. The molecule has 0 unspecified atom stereocenters. The summed E-state index contributed by atoms with van der Waals surface area (Å²) in [4.78, 5) is 0. The van der Waals surface area contributed by atoms with Crippen molar-refractivity contribution in [1.82, 2.24) is 0 Å². The normalized spacial score (nSPS) is 11.2. The van der Waals surface area contributed by atoms with Crippen LogP contribution in [0.5, 0.6) is 5.75 Å². The average Bonchev–Trinajstić information content (AvgIpc) is 2.81. The lowest BCUT2D eigenvalue weighted by atomic mass is 10.1. The van der Waals surface area contributed by atoms with Crippen molar-refractivity contribution >= 4 is 0 Å². The zero-order valence-corrected chi connectivity index (χ0v) is 10.5. The summed E-state index contributed by atoms with van der Waals surface area (Å²) in [5.41, 5.74) is -1.04. The van der Waals surface area contributed by atoms with Crippen LogP contribution < -0.4 is 4.74 Å². The van der Waals surface area contributed by atoms with Crippen molar-refractivity contribution < 1.29 is 22.3 Å². The van der Waals surface area contributed by atoms with Crippen LogP contribution in [0.1, 0.15) is 22.6 Å². The van der Waals surface area contributed by atoms with Gasteiger partial charge in [0.1, 0.15) is 23.9 Å². The van der Waals surface area contributed by atoms with Gasteiger partial charge in [-0.3, -0.25) is 0 Å². The molecule has 0 saturated heterocycles. The van der Waals surface area contributed by atoms with E-state index >= 15 is 0 Å². The van der Waals surface area contributed by atoms with Crippen LogP contribution in [0.4, 0.5) is 13.2 Å². The molecular formula is C14H10F3NO2. The van der Waals surface area contributed by atoms with E-state index in [2.05, 4.69) is 0 Å². The van der Waals surface area contributed by atoms with Gasteiger partial charge in [-0.15, -0.1) is 0 Å². The number of aryl methyl sites for hydroxylation is 1. The standard InChI is InChI=1S/C14H10F3NO2/c1-9-2-4-11(20-9)8-19-13-5-3-10(7-18)6-12(13)14(15,16)17/h2-6H,8H2,1H3. The van der Waals surface area contributed by atoms with E-state index < -0.39 is 11.7 Å². The highest BCUT2D eigenvalue weighted by atomic mass is 19.4. The van der Waals surface area contributed by atoms with Crippen molar-refractivity contribution in [3.63, 3.8) is 0 Å². The van der Waals surface area contributed by atoms with Gasteiger partial charge in [-0.1, -0.05) is 0 Å². The number of benzene rings is 1. The predicted molar refractivity (Wildman–Crippen MR) is 63.9 cm³/mol. The van der Waals surface area contributed by atoms with E-state index in [1.165, 1.54) is 6.07 Å². The number of nitriles is 1. The fourth-order valence-corrected chi connectivity index (χ4v) is 1.66. The molecule has 0 radical (unpaired) electrons. The van der Waals surface area contributed by atoms with E-state index in [-0.39, 0.29) is 17.9 Å². The van der Waals surface area contributed by atoms with Gasteiger partial charge in [0.25, 0.3) is 0 Å². The minimum Gasteiger partial charge on any atom is -0.485 e. The molecule has 0 aliphatic heterocycles. The lowest BCUT2D eigenvalue weighted by Gasteiger charge is -2.13. The Morgan fingerprint density at radius 2 is 2.00 bits per heavy atom. The molecule has 0 fully saturated rings. The van der Waals surface area contributed by atoms with Gasteiger partial charge in [0.2, 0.25) is 0 Å². The van der Waals surface area contributed by atoms with E-state index in [1.54, 1.807) is 25.1 Å². The number of rotatable bonds is 3. The van der Waals surface area contributed by atoms with Crippen molar-refractivity contribution in [2.45, 2.75) is 19.7 Å². The van der Waals surface area contributed by atoms with Gasteiger partial charge in [0.05, 0.1) is 17.2 Å². The highest BCUT2D eigenvalue weighted by Gasteiger charge is 2.34. The smallest absolute Gasteiger partial charge is 0.420 e. The Labute approximate surface area is 113 Å². The molecule has 3 nitrogen and oxygen atoms in total. The Kier molecular flexibility index (Phi) is 3.70. The Morgan fingerprint density at radius 1 is 1.25 bits per heavy atom. The van der Waals surface area contributed by atoms with E-state index in [4.69, 9.17) is 14.4 Å². The van der Waals surface area contributed by atoms with Crippen LogP contribution in [0.2, 0.25) is 0 Å². The Bertz CT molecular complexity index is 653. The van der Waals surface area contributed by atoms with Crippen LogP contribution in [-0.2, 0) is 12.8 Å². The molecule has 0 bridgehead atoms. The lowest BCUT2D eigenvalue weighted by Crippen LogP contribution is -2.09. The van der Waals surface area contributed by atoms with Gasteiger partial charge in [0.15, 0.2) is 0 Å². The molecule has 0 aliphatic carbocycles. The largest absolute Gasteiger partial charge is 0.485 e. The summed E-state index contributed by atoms with van der Waals surface area (Å²) < 4.78 is 49.0. The molecule has 0 atom stereocenters. The zero-order valence-electron chi connectivity index (χ0n) is 10.5. The maximum atomic E-state index is 12.9. The summed E-state index contributed by atoms with van der Waals surface area (Å²) in [5, 5.41) is 8.66. The summed E-state index contributed by atoms with van der Waals surface area (Å²) in [5.74, 6) is 0.755. The number of hydrogen-bond donors (Lipinski definition) is 0. The number of alkyl halides is 3. The van der Waals surface area contributed by atoms with Gasteiger partial charge in [-0.05, 0) is 37.3 Å². The van der Waals surface area contributed by atoms with Crippen molar-refractivity contribution in [1.29, 1.82) is 5.26 Å². The summed E-state index contributed by atoms with van der Waals surface area (Å²) in [6.45, 7) is 1.62. The first kappa shape index (κ1) is 14.0. The molecule has 0 saturated carbocycles. The van der Waals surface area contributed by atoms with Crippen molar-refractivity contribution in [2.24, 2.45) is 0 Å². The second-order valence-corrected chi connectivity index (χ2v) is 4.12. The highest BCUT2D eigenvalue weighted by Crippen LogP contribution is 2.37. The number of halogens is 3. The molecule has 1 aromatic carbocycles. The lowest BCUT2D eigenvalue weighted by molar-refractivity contribution is -0.139. The molecule has 1 heterocycles. The van der Waals surface area contributed by atoms with Gasteiger partial charge in [-0.2, -0.15) is 18.4 Å². The monoisotopic (exact) mass is 281 g/mol. The first-order chi connectivity index (χ1) is 9.40. The SMILES string of the molecule is Cc1ccc(COc2ccc(C#N)cc2C(F)(F)F)o1. The minimum absolute atomic E-state index is 0.0708. The van der Waals surface area contributed by atoms with Crippen LogP contribution >= 0.6 is 0 Å². The van der Waals surface area contributed by atoms with Crippen molar-refractivity contribution in [3.8, 4) is 11.8 Å². The Balaban J connectivity index is 2.25. The second kappa shape index (κ2) is 5.29. The Morgan fingerprint density at radius 3 is 2.55 bits per heavy atom. The van der Waals surface area contributed by atoms with E-state index in [0.29, 0.717) is 11.5 Å². The number of nitrogens with zero attached hydrogens (tertiary/aromatic N) is 1. The third-order valence-corrected chi connectivity index (χ3v) is 2.58. The molecule has 0 N–H and O–H groups in total. The summed E-state index contributed by atoms with van der Waals surface area (Å²) in [6.07, 6.45) is -4.58. The topological polar surface area (TPSA) is 46.2 Å².